The van der Waals surface area contributed by atoms with Crippen LogP contribution in [0.2, 0.25) is 0 Å². The lowest BCUT2D eigenvalue weighted by molar-refractivity contribution is 0.633. The molecule has 0 radical (unpaired) electrons. The van der Waals surface area contributed by atoms with Crippen molar-refractivity contribution in [2.24, 2.45) is 5.92 Å². The van der Waals surface area contributed by atoms with Gasteiger partial charge in [0.25, 0.3) is 0 Å². The summed E-state index contributed by atoms with van der Waals surface area (Å²) in [7, 11) is 0. The van der Waals surface area contributed by atoms with Crippen molar-refractivity contribution < 1.29 is 4.39 Å². The van der Waals surface area contributed by atoms with Gasteiger partial charge in [0.15, 0.2) is 0 Å². The molecule has 0 saturated heterocycles. The SMILES string of the molecule is CC1=C(F)C(C)=C(Cl)C2C=C12. The summed E-state index contributed by atoms with van der Waals surface area (Å²) in [5.74, 6) is 0.103. The van der Waals surface area contributed by atoms with Crippen molar-refractivity contribution in [1.82, 2.24) is 0 Å². The van der Waals surface area contributed by atoms with Crippen molar-refractivity contribution in [3.05, 3.63) is 33.7 Å². The van der Waals surface area contributed by atoms with Crippen molar-refractivity contribution in [3.63, 3.8) is 0 Å². The van der Waals surface area contributed by atoms with Gasteiger partial charge in [-0.2, -0.15) is 0 Å². The van der Waals surface area contributed by atoms with Crippen LogP contribution in [-0.2, 0) is 0 Å². The van der Waals surface area contributed by atoms with E-state index in [4.69, 9.17) is 11.6 Å². The third kappa shape index (κ3) is 0.807. The monoisotopic (exact) mass is 170 g/mol. The highest BCUT2D eigenvalue weighted by Crippen LogP contribution is 2.50. The Bertz CT molecular complexity index is 320. The third-order valence-corrected chi connectivity index (χ3v) is 2.81. The van der Waals surface area contributed by atoms with Crippen LogP contribution in [0.4, 0.5) is 4.39 Å². The van der Waals surface area contributed by atoms with E-state index in [0.717, 1.165) is 11.1 Å². The number of halogens is 2. The van der Waals surface area contributed by atoms with Crippen LogP contribution in [0, 0.1) is 5.92 Å². The summed E-state index contributed by atoms with van der Waals surface area (Å²) in [5.41, 5.74) is 2.43. The van der Waals surface area contributed by atoms with E-state index in [1.54, 1.807) is 13.8 Å². The Hall–Kier alpha value is -0.560. The van der Waals surface area contributed by atoms with Crippen LogP contribution in [-0.4, -0.2) is 0 Å². The molecule has 2 rings (SSSR count). The van der Waals surface area contributed by atoms with Gasteiger partial charge in [0.05, 0.1) is 0 Å². The van der Waals surface area contributed by atoms with Crippen molar-refractivity contribution >= 4 is 11.6 Å². The second-order valence-electron chi connectivity index (χ2n) is 3.01. The zero-order chi connectivity index (χ0) is 8.17. The Labute approximate surface area is 70.0 Å². The maximum atomic E-state index is 13.2. The standard InChI is InChI=1S/C9H8ClF/c1-4-6-3-7(6)8(10)5(2)9(4)11/h3,7H,1-2H3. The lowest BCUT2D eigenvalue weighted by Gasteiger charge is -2.12. The molecule has 58 valence electrons. The van der Waals surface area contributed by atoms with Crippen LogP contribution < -0.4 is 0 Å². The zero-order valence-electron chi connectivity index (χ0n) is 6.41. The molecule has 0 aliphatic heterocycles. The highest BCUT2D eigenvalue weighted by atomic mass is 35.5. The molecule has 2 aliphatic rings. The van der Waals surface area contributed by atoms with E-state index < -0.39 is 0 Å². The van der Waals surface area contributed by atoms with Crippen molar-refractivity contribution in [1.29, 1.82) is 0 Å². The summed E-state index contributed by atoms with van der Waals surface area (Å²) in [4.78, 5) is 0. The van der Waals surface area contributed by atoms with E-state index in [0.29, 0.717) is 10.6 Å². The van der Waals surface area contributed by atoms with Crippen LogP contribution in [0.3, 0.4) is 0 Å². The van der Waals surface area contributed by atoms with Gasteiger partial charge in [0, 0.05) is 16.5 Å². The zero-order valence-corrected chi connectivity index (χ0v) is 7.17. The molecule has 0 N–H and O–H groups in total. The normalized spacial score (nSPS) is 28.7. The third-order valence-electron chi connectivity index (χ3n) is 2.29. The molecule has 0 saturated carbocycles. The molecule has 1 atom stereocenters. The first kappa shape index (κ1) is 7.11. The summed E-state index contributed by atoms with van der Waals surface area (Å²) < 4.78 is 13.2. The fourth-order valence-corrected chi connectivity index (χ4v) is 1.71. The molecule has 0 bridgehead atoms. The molecule has 1 unspecified atom stereocenters. The molecule has 0 fully saturated rings. The van der Waals surface area contributed by atoms with Gasteiger partial charge in [-0.1, -0.05) is 17.7 Å². The van der Waals surface area contributed by atoms with Gasteiger partial charge < -0.3 is 0 Å². The fraction of sp³-hybridized carbons (Fsp3) is 0.333. The van der Waals surface area contributed by atoms with E-state index in [-0.39, 0.29) is 11.7 Å². The minimum Gasteiger partial charge on any atom is -0.206 e. The average molecular weight is 171 g/mol. The van der Waals surface area contributed by atoms with Gasteiger partial charge in [-0.15, -0.1) is 0 Å². The first-order chi connectivity index (χ1) is 5.13. The van der Waals surface area contributed by atoms with E-state index >= 15 is 0 Å². The second kappa shape index (κ2) is 1.98. The van der Waals surface area contributed by atoms with Crippen LogP contribution in [0.15, 0.2) is 33.7 Å². The molecule has 11 heavy (non-hydrogen) atoms. The first-order valence-corrected chi connectivity index (χ1v) is 3.96. The van der Waals surface area contributed by atoms with Gasteiger partial charge in [-0.25, -0.2) is 4.39 Å². The van der Waals surface area contributed by atoms with Gasteiger partial charge in [0.1, 0.15) is 5.83 Å². The molecule has 0 heterocycles. The van der Waals surface area contributed by atoms with Crippen molar-refractivity contribution in [2.45, 2.75) is 13.8 Å². The molecule has 2 heteroatoms. The Kier molecular flexibility index (Phi) is 1.28. The maximum Gasteiger partial charge on any atom is 0.130 e. The van der Waals surface area contributed by atoms with Crippen molar-refractivity contribution in [3.8, 4) is 0 Å². The number of allylic oxidation sites excluding steroid dienone is 6. The Morgan fingerprint density at radius 1 is 1.36 bits per heavy atom. The minimum absolute atomic E-state index is 0.144. The van der Waals surface area contributed by atoms with E-state index in [9.17, 15) is 4.39 Å². The molecule has 0 aromatic carbocycles. The molecule has 0 aromatic heterocycles. The fourth-order valence-electron chi connectivity index (χ4n) is 1.45. The Morgan fingerprint density at radius 3 is 2.64 bits per heavy atom. The lowest BCUT2D eigenvalue weighted by Crippen LogP contribution is -1.98. The Morgan fingerprint density at radius 2 is 2.00 bits per heavy atom. The van der Waals surface area contributed by atoms with E-state index in [1.165, 1.54) is 0 Å². The molecule has 0 nitrogen and oxygen atoms in total. The van der Waals surface area contributed by atoms with Crippen LogP contribution >= 0.6 is 11.6 Å². The predicted molar refractivity (Wildman–Crippen MR) is 43.9 cm³/mol. The Balaban J connectivity index is 2.54. The second-order valence-corrected chi connectivity index (χ2v) is 3.42. The number of hydrogen-bond acceptors (Lipinski definition) is 0. The smallest absolute Gasteiger partial charge is 0.130 e. The van der Waals surface area contributed by atoms with Crippen LogP contribution in [0.5, 0.6) is 0 Å². The van der Waals surface area contributed by atoms with Gasteiger partial charge in [-0.05, 0) is 25.0 Å². The quantitative estimate of drug-likeness (QED) is 0.523. The topological polar surface area (TPSA) is 0 Å². The highest BCUT2D eigenvalue weighted by molar-refractivity contribution is 6.31. The minimum atomic E-state index is -0.144. The number of hydrogen-bond donors (Lipinski definition) is 0. The van der Waals surface area contributed by atoms with E-state index in [1.807, 2.05) is 6.08 Å². The van der Waals surface area contributed by atoms with Crippen LogP contribution in [0.1, 0.15) is 13.8 Å². The number of fused-ring (bicyclic) bond motifs is 1. The van der Waals surface area contributed by atoms with Gasteiger partial charge in [0.2, 0.25) is 0 Å². The summed E-state index contributed by atoms with van der Waals surface area (Å²) in [6.45, 7) is 3.53. The summed E-state index contributed by atoms with van der Waals surface area (Å²) in [5, 5.41) is 0.656. The van der Waals surface area contributed by atoms with Crippen LogP contribution in [0.25, 0.3) is 0 Å². The molecule has 0 aromatic rings. The molecule has 2 aliphatic carbocycles. The van der Waals surface area contributed by atoms with Crippen molar-refractivity contribution in [2.75, 3.05) is 0 Å². The average Bonchev–Trinajstić information content (AvgIpc) is 2.76. The maximum absolute atomic E-state index is 13.2. The predicted octanol–water partition coefficient (Wildman–Crippen LogP) is 3.31. The lowest BCUT2D eigenvalue weighted by atomic mass is 10.00. The highest BCUT2D eigenvalue weighted by Gasteiger charge is 2.36. The largest absolute Gasteiger partial charge is 0.206 e. The summed E-state index contributed by atoms with van der Waals surface area (Å²) >= 11 is 5.87. The molecular formula is C9H8ClF. The molecular weight excluding hydrogens is 163 g/mol. The number of rotatable bonds is 0. The van der Waals surface area contributed by atoms with E-state index in [2.05, 4.69) is 0 Å². The molecule has 0 spiro atoms. The van der Waals surface area contributed by atoms with Gasteiger partial charge in [-0.3, -0.25) is 0 Å². The summed E-state index contributed by atoms with van der Waals surface area (Å²) in [6.07, 6.45) is 1.99. The first-order valence-electron chi connectivity index (χ1n) is 3.58. The summed E-state index contributed by atoms with van der Waals surface area (Å²) in [6, 6.07) is 0. The molecule has 0 amide bonds. The van der Waals surface area contributed by atoms with Gasteiger partial charge >= 0.3 is 0 Å².